The molecule has 2 nitrogen and oxygen atoms in total. The van der Waals surface area contributed by atoms with Gasteiger partial charge in [-0.1, -0.05) is 18.1 Å². The Kier molecular flexibility index (Phi) is 2.24. The van der Waals surface area contributed by atoms with Gasteiger partial charge in [-0.15, -0.1) is 0 Å². The fourth-order valence-corrected chi connectivity index (χ4v) is 1.39. The van der Waals surface area contributed by atoms with E-state index in [2.05, 4.69) is 24.0 Å². The highest BCUT2D eigenvalue weighted by atomic mass is 16.1. The Morgan fingerprint density at radius 1 is 1.29 bits per heavy atom. The highest BCUT2D eigenvalue weighted by molar-refractivity contribution is 5.92. The summed E-state index contributed by atoms with van der Waals surface area (Å²) < 4.78 is 0. The van der Waals surface area contributed by atoms with Crippen molar-refractivity contribution in [2.24, 2.45) is 5.73 Å². The Morgan fingerprint density at radius 2 is 1.93 bits per heavy atom. The maximum Gasteiger partial charge on any atom is 0.293 e. The predicted octanol–water partition coefficient (Wildman–Crippen LogP) is 1.40. The molecule has 0 radical (unpaired) electrons. The summed E-state index contributed by atoms with van der Waals surface area (Å²) in [6.07, 6.45) is 2.60. The standard InChI is InChI=1S/C12H11NO/c13-12(14)8-3-9-1-4-10(5-2-9)11-6-7-11/h1-2,4-5,11H,6-7H2,(H2,13,14). The Labute approximate surface area is 83.1 Å². The van der Waals surface area contributed by atoms with E-state index in [0.717, 1.165) is 11.5 Å². The molecule has 0 saturated heterocycles. The van der Waals surface area contributed by atoms with Crippen LogP contribution in [0, 0.1) is 11.8 Å². The molecule has 0 aliphatic heterocycles. The number of hydrogen-bond acceptors (Lipinski definition) is 1. The summed E-state index contributed by atoms with van der Waals surface area (Å²) in [4.78, 5) is 10.4. The summed E-state index contributed by atoms with van der Waals surface area (Å²) in [5, 5.41) is 0. The van der Waals surface area contributed by atoms with Crippen LogP contribution in [0.5, 0.6) is 0 Å². The molecule has 70 valence electrons. The van der Waals surface area contributed by atoms with Crippen molar-refractivity contribution in [3.05, 3.63) is 35.4 Å². The minimum Gasteiger partial charge on any atom is -0.359 e. The van der Waals surface area contributed by atoms with Crippen LogP contribution in [0.2, 0.25) is 0 Å². The minimum atomic E-state index is -0.587. The van der Waals surface area contributed by atoms with Crippen LogP contribution in [0.3, 0.4) is 0 Å². The Hall–Kier alpha value is -1.75. The second-order valence-electron chi connectivity index (χ2n) is 3.51. The van der Waals surface area contributed by atoms with Crippen molar-refractivity contribution in [2.75, 3.05) is 0 Å². The lowest BCUT2D eigenvalue weighted by atomic mass is 10.1. The molecule has 2 rings (SSSR count). The highest BCUT2D eigenvalue weighted by Crippen LogP contribution is 2.39. The van der Waals surface area contributed by atoms with Gasteiger partial charge in [0.2, 0.25) is 0 Å². The zero-order chi connectivity index (χ0) is 9.97. The molecule has 0 bridgehead atoms. The quantitative estimate of drug-likeness (QED) is 0.660. The van der Waals surface area contributed by atoms with Crippen LogP contribution in [0.15, 0.2) is 24.3 Å². The van der Waals surface area contributed by atoms with E-state index in [0.29, 0.717) is 0 Å². The molecule has 1 aromatic carbocycles. The summed E-state index contributed by atoms with van der Waals surface area (Å²) in [6, 6.07) is 8.01. The predicted molar refractivity (Wildman–Crippen MR) is 54.5 cm³/mol. The van der Waals surface area contributed by atoms with Crippen LogP contribution >= 0.6 is 0 Å². The Bertz CT molecular complexity index is 404. The first-order valence-electron chi connectivity index (χ1n) is 4.67. The second kappa shape index (κ2) is 3.55. The van der Waals surface area contributed by atoms with Crippen molar-refractivity contribution in [1.82, 2.24) is 0 Å². The fraction of sp³-hybridized carbons (Fsp3) is 0.250. The number of nitrogens with two attached hydrogens (primary N) is 1. The van der Waals surface area contributed by atoms with E-state index in [4.69, 9.17) is 5.73 Å². The maximum absolute atomic E-state index is 10.4. The van der Waals surface area contributed by atoms with Crippen LogP contribution < -0.4 is 5.73 Å². The van der Waals surface area contributed by atoms with E-state index < -0.39 is 5.91 Å². The van der Waals surface area contributed by atoms with E-state index in [-0.39, 0.29) is 0 Å². The molecule has 2 N–H and O–H groups in total. The molecule has 14 heavy (non-hydrogen) atoms. The molecule has 2 heteroatoms. The molecule has 1 aromatic rings. The molecular formula is C12H11NO. The first-order valence-corrected chi connectivity index (χ1v) is 4.67. The number of hydrogen-bond donors (Lipinski definition) is 1. The third kappa shape index (κ3) is 2.14. The van der Waals surface area contributed by atoms with Crippen molar-refractivity contribution >= 4 is 5.91 Å². The second-order valence-corrected chi connectivity index (χ2v) is 3.51. The molecule has 0 heterocycles. The van der Waals surface area contributed by atoms with E-state index in [1.54, 1.807) is 0 Å². The summed E-state index contributed by atoms with van der Waals surface area (Å²) in [7, 11) is 0. The lowest BCUT2D eigenvalue weighted by Crippen LogP contribution is -2.06. The molecule has 1 amide bonds. The Morgan fingerprint density at radius 3 is 2.43 bits per heavy atom. The lowest BCUT2D eigenvalue weighted by Gasteiger charge is -1.96. The highest BCUT2D eigenvalue weighted by Gasteiger charge is 2.22. The van der Waals surface area contributed by atoms with Crippen molar-refractivity contribution < 1.29 is 4.79 Å². The van der Waals surface area contributed by atoms with Gasteiger partial charge < -0.3 is 5.73 Å². The van der Waals surface area contributed by atoms with E-state index in [1.165, 1.54) is 18.4 Å². The molecule has 0 spiro atoms. The zero-order valence-electron chi connectivity index (χ0n) is 7.79. The molecule has 1 fully saturated rings. The average molecular weight is 185 g/mol. The van der Waals surface area contributed by atoms with Gasteiger partial charge in [-0.05, 0) is 42.4 Å². The van der Waals surface area contributed by atoms with Crippen LogP contribution in [0.25, 0.3) is 0 Å². The minimum absolute atomic E-state index is 0.587. The number of benzene rings is 1. The smallest absolute Gasteiger partial charge is 0.293 e. The average Bonchev–Trinajstić information content (AvgIpc) is 2.99. The van der Waals surface area contributed by atoms with Crippen molar-refractivity contribution in [3.8, 4) is 11.8 Å². The normalized spacial score (nSPS) is 14.3. The summed E-state index contributed by atoms with van der Waals surface area (Å²) in [5.41, 5.74) is 7.13. The SMILES string of the molecule is NC(=O)C#Cc1ccc(C2CC2)cc1. The molecular weight excluding hydrogens is 174 g/mol. The first kappa shape index (κ1) is 8.83. The van der Waals surface area contributed by atoms with Gasteiger partial charge >= 0.3 is 0 Å². The number of carbonyl (C=O) groups is 1. The van der Waals surface area contributed by atoms with Crippen molar-refractivity contribution in [3.63, 3.8) is 0 Å². The summed E-state index contributed by atoms with van der Waals surface area (Å²) in [6.45, 7) is 0. The van der Waals surface area contributed by atoms with Gasteiger partial charge in [0.1, 0.15) is 0 Å². The van der Waals surface area contributed by atoms with Crippen LogP contribution in [0.1, 0.15) is 29.9 Å². The molecule has 0 unspecified atom stereocenters. The summed E-state index contributed by atoms with van der Waals surface area (Å²) >= 11 is 0. The summed E-state index contributed by atoms with van der Waals surface area (Å²) in [5.74, 6) is 5.19. The van der Waals surface area contributed by atoms with Crippen LogP contribution in [0.4, 0.5) is 0 Å². The van der Waals surface area contributed by atoms with E-state index >= 15 is 0 Å². The number of primary amides is 1. The Balaban J connectivity index is 2.14. The molecule has 0 atom stereocenters. The molecule has 1 aliphatic rings. The fourth-order valence-electron chi connectivity index (χ4n) is 1.39. The van der Waals surface area contributed by atoms with E-state index in [1.807, 2.05) is 12.1 Å². The van der Waals surface area contributed by atoms with Gasteiger partial charge in [-0.2, -0.15) is 0 Å². The molecule has 1 aliphatic carbocycles. The molecule has 0 aromatic heterocycles. The van der Waals surface area contributed by atoms with E-state index in [9.17, 15) is 4.79 Å². The van der Waals surface area contributed by atoms with Crippen molar-refractivity contribution in [2.45, 2.75) is 18.8 Å². The van der Waals surface area contributed by atoms with Crippen molar-refractivity contribution in [1.29, 1.82) is 0 Å². The first-order chi connectivity index (χ1) is 6.75. The van der Waals surface area contributed by atoms with Gasteiger partial charge in [-0.3, -0.25) is 4.79 Å². The van der Waals surface area contributed by atoms with Gasteiger partial charge in [-0.25, -0.2) is 0 Å². The molecule has 1 saturated carbocycles. The lowest BCUT2D eigenvalue weighted by molar-refractivity contribution is -0.112. The number of rotatable bonds is 1. The van der Waals surface area contributed by atoms with Gasteiger partial charge in [0, 0.05) is 5.56 Å². The third-order valence-electron chi connectivity index (χ3n) is 2.29. The third-order valence-corrected chi connectivity index (χ3v) is 2.29. The monoisotopic (exact) mass is 185 g/mol. The van der Waals surface area contributed by atoms with Crippen LogP contribution in [-0.4, -0.2) is 5.91 Å². The largest absolute Gasteiger partial charge is 0.359 e. The van der Waals surface area contributed by atoms with Gasteiger partial charge in [0.05, 0.1) is 0 Å². The zero-order valence-corrected chi connectivity index (χ0v) is 7.79. The number of amides is 1. The maximum atomic E-state index is 10.4. The number of carbonyl (C=O) groups excluding carboxylic acids is 1. The topological polar surface area (TPSA) is 43.1 Å². The van der Waals surface area contributed by atoms with Crippen LogP contribution in [-0.2, 0) is 4.79 Å². The van der Waals surface area contributed by atoms with Gasteiger partial charge in [0.15, 0.2) is 0 Å². The van der Waals surface area contributed by atoms with Gasteiger partial charge in [0.25, 0.3) is 5.91 Å².